The van der Waals surface area contributed by atoms with Gasteiger partial charge >= 0.3 is 0 Å². The summed E-state index contributed by atoms with van der Waals surface area (Å²) in [6.45, 7) is 3.16. The molecule has 2 aromatic rings. The van der Waals surface area contributed by atoms with E-state index in [1.807, 2.05) is 17.5 Å². The van der Waals surface area contributed by atoms with Crippen LogP contribution in [0.4, 0.5) is 8.78 Å². The Morgan fingerprint density at radius 1 is 1.22 bits per heavy atom. The van der Waals surface area contributed by atoms with Crippen molar-refractivity contribution in [1.82, 2.24) is 10.2 Å². The summed E-state index contributed by atoms with van der Waals surface area (Å²) in [6.07, 6.45) is 0. The van der Waals surface area contributed by atoms with Crippen molar-refractivity contribution < 1.29 is 13.5 Å². The number of hydrogen-bond acceptors (Lipinski definition) is 4. The van der Waals surface area contributed by atoms with Gasteiger partial charge in [0.2, 0.25) is 0 Å². The lowest BCUT2D eigenvalue weighted by molar-refractivity contribution is 0.194. The smallest absolute Gasteiger partial charge is 0.134 e. The van der Waals surface area contributed by atoms with Crippen LogP contribution in [0.5, 0.6) is 5.75 Å². The van der Waals surface area contributed by atoms with Crippen LogP contribution in [-0.4, -0.2) is 38.2 Å². The van der Waals surface area contributed by atoms with E-state index < -0.39 is 17.7 Å². The molecule has 0 amide bonds. The van der Waals surface area contributed by atoms with Crippen LogP contribution in [0, 0.1) is 11.6 Å². The molecule has 23 heavy (non-hydrogen) atoms. The van der Waals surface area contributed by atoms with Crippen LogP contribution in [0.25, 0.3) is 0 Å². The molecule has 1 fully saturated rings. The highest BCUT2D eigenvalue weighted by Crippen LogP contribution is 2.36. The zero-order chi connectivity index (χ0) is 15.5. The summed E-state index contributed by atoms with van der Waals surface area (Å²) in [5.74, 6) is -0.924. The Kier molecular flexibility index (Phi) is 6.35. The maximum absolute atomic E-state index is 14.5. The summed E-state index contributed by atoms with van der Waals surface area (Å²) in [7, 11) is 1.40. The van der Waals surface area contributed by atoms with E-state index in [-0.39, 0.29) is 23.7 Å². The number of hydrogen-bond donors (Lipinski definition) is 1. The van der Waals surface area contributed by atoms with E-state index in [1.165, 1.54) is 30.6 Å². The van der Waals surface area contributed by atoms with Gasteiger partial charge in [-0.1, -0.05) is 6.07 Å². The Morgan fingerprint density at radius 2 is 1.87 bits per heavy atom. The van der Waals surface area contributed by atoms with Crippen molar-refractivity contribution >= 4 is 23.7 Å². The molecule has 3 nitrogen and oxygen atoms in total. The number of benzene rings is 1. The monoisotopic (exact) mass is 360 g/mol. The van der Waals surface area contributed by atoms with Gasteiger partial charge < -0.3 is 10.1 Å². The van der Waals surface area contributed by atoms with Crippen LogP contribution < -0.4 is 10.1 Å². The fraction of sp³-hybridized carbons (Fsp3) is 0.375. The number of nitrogens with zero attached hydrogens (tertiary/aromatic N) is 1. The van der Waals surface area contributed by atoms with Crippen LogP contribution in [0.15, 0.2) is 29.6 Å². The second kappa shape index (κ2) is 8.06. The fourth-order valence-electron chi connectivity index (χ4n) is 2.83. The van der Waals surface area contributed by atoms with Crippen LogP contribution in [0.2, 0.25) is 0 Å². The third kappa shape index (κ3) is 3.83. The maximum atomic E-state index is 14.5. The first-order valence-electron chi connectivity index (χ1n) is 7.22. The summed E-state index contributed by atoms with van der Waals surface area (Å²) >= 11 is 1.52. The molecule has 1 N–H and O–H groups in total. The highest BCUT2D eigenvalue weighted by molar-refractivity contribution is 7.10. The molecule has 0 radical (unpaired) electrons. The number of rotatable bonds is 4. The summed E-state index contributed by atoms with van der Waals surface area (Å²) in [4.78, 5) is 3.07. The van der Waals surface area contributed by atoms with E-state index in [1.54, 1.807) is 0 Å². The lowest BCUT2D eigenvalue weighted by atomic mass is 10.0. The Bertz CT molecular complexity index is 610. The molecule has 0 unspecified atom stereocenters. The summed E-state index contributed by atoms with van der Waals surface area (Å²) in [6, 6.07) is 5.95. The Hall–Kier alpha value is -1.21. The van der Waals surface area contributed by atoms with Gasteiger partial charge in [-0.3, -0.25) is 4.90 Å². The van der Waals surface area contributed by atoms with Crippen molar-refractivity contribution in [2.45, 2.75) is 6.04 Å². The van der Waals surface area contributed by atoms with E-state index in [0.29, 0.717) is 0 Å². The number of nitrogens with one attached hydrogen (secondary N) is 1. The molecular weight excluding hydrogens is 342 g/mol. The predicted molar refractivity (Wildman–Crippen MR) is 90.8 cm³/mol. The van der Waals surface area contributed by atoms with E-state index >= 15 is 0 Å². The quantitative estimate of drug-likeness (QED) is 0.903. The summed E-state index contributed by atoms with van der Waals surface area (Å²) in [5, 5.41) is 5.20. The molecular formula is C16H19ClF2N2OS. The van der Waals surface area contributed by atoms with Crippen LogP contribution in [0.1, 0.15) is 16.5 Å². The standard InChI is InChI=1S/C16H18F2N2OS.ClH/c1-21-11-9-12(17)15(13(18)10-11)16(14-3-2-8-22-14)20-6-4-19-5-7-20;/h2-3,8-10,16,19H,4-7H2,1H3;1H/t16-;/m1./s1. The zero-order valence-electron chi connectivity index (χ0n) is 12.7. The Balaban J connectivity index is 0.00000192. The molecule has 1 saturated heterocycles. The van der Waals surface area contributed by atoms with Crippen molar-refractivity contribution in [2.75, 3.05) is 33.3 Å². The number of thiophene rings is 1. The largest absolute Gasteiger partial charge is 0.497 e. The first kappa shape index (κ1) is 18.1. The highest BCUT2D eigenvalue weighted by Gasteiger charge is 2.30. The molecule has 1 aromatic heterocycles. The molecule has 1 aliphatic heterocycles. The van der Waals surface area contributed by atoms with Crippen molar-refractivity contribution in [3.8, 4) is 5.75 Å². The first-order chi connectivity index (χ1) is 10.7. The third-order valence-corrected chi connectivity index (χ3v) is 4.82. The molecule has 1 atom stereocenters. The van der Waals surface area contributed by atoms with E-state index in [9.17, 15) is 8.78 Å². The van der Waals surface area contributed by atoms with Gasteiger partial charge in [0, 0.05) is 48.8 Å². The lowest BCUT2D eigenvalue weighted by Gasteiger charge is -2.35. The highest BCUT2D eigenvalue weighted by atomic mass is 35.5. The van der Waals surface area contributed by atoms with Crippen molar-refractivity contribution in [3.63, 3.8) is 0 Å². The molecule has 3 rings (SSSR count). The fourth-order valence-corrected chi connectivity index (χ4v) is 3.70. The molecule has 0 saturated carbocycles. The summed E-state index contributed by atoms with van der Waals surface area (Å²) < 4.78 is 34.0. The van der Waals surface area contributed by atoms with Crippen LogP contribution in [0.3, 0.4) is 0 Å². The molecule has 0 aliphatic carbocycles. The van der Waals surface area contributed by atoms with Gasteiger partial charge in [0.25, 0.3) is 0 Å². The summed E-state index contributed by atoms with van der Waals surface area (Å²) in [5.41, 5.74) is 0.102. The molecule has 0 bridgehead atoms. The second-order valence-electron chi connectivity index (χ2n) is 5.21. The topological polar surface area (TPSA) is 24.5 Å². The van der Waals surface area contributed by atoms with Crippen LogP contribution in [-0.2, 0) is 0 Å². The van der Waals surface area contributed by atoms with Gasteiger partial charge in [0.05, 0.1) is 13.2 Å². The van der Waals surface area contributed by atoms with Crippen molar-refractivity contribution in [1.29, 1.82) is 0 Å². The average Bonchev–Trinajstić information content (AvgIpc) is 3.05. The SMILES string of the molecule is COc1cc(F)c([C@@H](c2cccs2)N2CCNCC2)c(F)c1.Cl. The zero-order valence-corrected chi connectivity index (χ0v) is 14.4. The minimum absolute atomic E-state index is 0. The third-order valence-electron chi connectivity index (χ3n) is 3.89. The van der Waals surface area contributed by atoms with E-state index in [0.717, 1.165) is 31.1 Å². The molecule has 2 heterocycles. The maximum Gasteiger partial charge on any atom is 0.134 e. The Labute approximate surface area is 144 Å². The van der Waals surface area contributed by atoms with Gasteiger partial charge in [-0.05, 0) is 11.4 Å². The van der Waals surface area contributed by atoms with Crippen LogP contribution >= 0.6 is 23.7 Å². The number of ether oxygens (including phenoxy) is 1. The minimum Gasteiger partial charge on any atom is -0.497 e. The molecule has 126 valence electrons. The number of piperazine rings is 1. The first-order valence-corrected chi connectivity index (χ1v) is 8.09. The van der Waals surface area contributed by atoms with Crippen molar-refractivity contribution in [3.05, 3.63) is 51.7 Å². The van der Waals surface area contributed by atoms with Gasteiger partial charge in [-0.2, -0.15) is 0 Å². The van der Waals surface area contributed by atoms with Gasteiger partial charge in [0.1, 0.15) is 17.4 Å². The number of halogens is 3. The average molecular weight is 361 g/mol. The van der Waals surface area contributed by atoms with Gasteiger partial charge in [0.15, 0.2) is 0 Å². The van der Waals surface area contributed by atoms with E-state index in [2.05, 4.69) is 10.2 Å². The van der Waals surface area contributed by atoms with Gasteiger partial charge in [-0.15, -0.1) is 23.7 Å². The van der Waals surface area contributed by atoms with Crippen molar-refractivity contribution in [2.24, 2.45) is 0 Å². The second-order valence-corrected chi connectivity index (χ2v) is 6.19. The minimum atomic E-state index is -0.561. The predicted octanol–water partition coefficient (Wildman–Crippen LogP) is 3.45. The normalized spacial score (nSPS) is 16.7. The molecule has 0 spiro atoms. The van der Waals surface area contributed by atoms with Gasteiger partial charge in [-0.25, -0.2) is 8.78 Å². The van der Waals surface area contributed by atoms with E-state index in [4.69, 9.17) is 4.74 Å². The molecule has 1 aliphatic rings. The number of methoxy groups -OCH3 is 1. The Morgan fingerprint density at radius 3 is 2.39 bits per heavy atom. The molecule has 7 heteroatoms. The lowest BCUT2D eigenvalue weighted by Crippen LogP contribution is -2.45. The molecule has 1 aromatic carbocycles.